The summed E-state index contributed by atoms with van der Waals surface area (Å²) in [5.74, 6) is -0.0468. The number of aryl methyl sites for hydroxylation is 1. The number of carbonyl (C=O) groups is 2. The fourth-order valence-electron chi connectivity index (χ4n) is 2.32. The number of hydrogen-bond acceptors (Lipinski definition) is 2. The molecular weight excluding hydrogens is 320 g/mol. The predicted molar refractivity (Wildman–Crippen MR) is 82.6 cm³/mol. The highest BCUT2D eigenvalue weighted by Crippen LogP contribution is 2.29. The Balaban J connectivity index is 2.38. The van der Waals surface area contributed by atoms with E-state index in [4.69, 9.17) is 0 Å². The summed E-state index contributed by atoms with van der Waals surface area (Å²) >= 11 is 3.51. The lowest BCUT2D eigenvalue weighted by Gasteiger charge is -2.27. The van der Waals surface area contributed by atoms with Crippen molar-refractivity contribution in [1.29, 1.82) is 0 Å². The van der Waals surface area contributed by atoms with Gasteiger partial charge in [0.1, 0.15) is 6.04 Å². The van der Waals surface area contributed by atoms with Crippen LogP contribution in [-0.2, 0) is 9.59 Å². The second-order valence-electron chi connectivity index (χ2n) is 5.48. The number of hydrogen-bond donors (Lipinski definition) is 1. The van der Waals surface area contributed by atoms with Gasteiger partial charge < -0.3 is 10.2 Å². The van der Waals surface area contributed by atoms with Gasteiger partial charge >= 0.3 is 0 Å². The van der Waals surface area contributed by atoms with Crippen LogP contribution >= 0.6 is 15.9 Å². The minimum absolute atomic E-state index is 0.0459. The molecule has 108 valence electrons. The topological polar surface area (TPSA) is 49.4 Å². The molecule has 0 aromatic heterocycles. The van der Waals surface area contributed by atoms with Crippen LogP contribution in [0, 0.1) is 12.8 Å². The molecule has 0 aliphatic carbocycles. The second kappa shape index (κ2) is 5.95. The summed E-state index contributed by atoms with van der Waals surface area (Å²) in [5.41, 5.74) is 1.94. The Kier molecular flexibility index (Phi) is 4.48. The molecule has 1 heterocycles. The smallest absolute Gasteiger partial charge is 0.249 e. The highest BCUT2D eigenvalue weighted by atomic mass is 79.9. The average Bonchev–Trinajstić information content (AvgIpc) is 2.50. The first-order valence-electron chi connectivity index (χ1n) is 6.77. The van der Waals surface area contributed by atoms with Gasteiger partial charge in [0.2, 0.25) is 11.8 Å². The molecule has 0 radical (unpaired) electrons. The van der Waals surface area contributed by atoms with Gasteiger partial charge in [-0.15, -0.1) is 0 Å². The third kappa shape index (κ3) is 3.03. The van der Waals surface area contributed by atoms with Crippen LogP contribution in [0.5, 0.6) is 0 Å². The number of amides is 2. The van der Waals surface area contributed by atoms with E-state index in [9.17, 15) is 9.59 Å². The number of carbonyl (C=O) groups excluding carboxylic acids is 2. The number of halogens is 1. The molecule has 1 aliphatic rings. The zero-order valence-corrected chi connectivity index (χ0v) is 13.5. The van der Waals surface area contributed by atoms with E-state index < -0.39 is 6.04 Å². The zero-order valence-electron chi connectivity index (χ0n) is 11.9. The molecule has 2 amide bonds. The van der Waals surface area contributed by atoms with Crippen LogP contribution in [0.1, 0.15) is 25.8 Å². The van der Waals surface area contributed by atoms with Crippen LogP contribution in [0.4, 0.5) is 5.69 Å². The fraction of sp³-hybridized carbons (Fsp3) is 0.467. The van der Waals surface area contributed by atoms with E-state index in [1.54, 1.807) is 4.90 Å². The van der Waals surface area contributed by atoms with Crippen molar-refractivity contribution in [1.82, 2.24) is 5.32 Å². The lowest BCUT2D eigenvalue weighted by atomic mass is 10.0. The number of nitrogens with zero attached hydrogens (tertiary/aromatic N) is 1. The van der Waals surface area contributed by atoms with E-state index in [0.717, 1.165) is 15.7 Å². The van der Waals surface area contributed by atoms with Gasteiger partial charge in [-0.3, -0.25) is 9.59 Å². The van der Waals surface area contributed by atoms with E-state index >= 15 is 0 Å². The Morgan fingerprint density at radius 2 is 2.05 bits per heavy atom. The monoisotopic (exact) mass is 338 g/mol. The SMILES string of the molecule is Cc1ccc(N2CCC(=O)NC(C(C)C)C2=O)c(Br)c1. The Hall–Kier alpha value is -1.36. The minimum Gasteiger partial charge on any atom is -0.344 e. The molecule has 2 rings (SSSR count). The Bertz CT molecular complexity index is 543. The Morgan fingerprint density at radius 3 is 2.65 bits per heavy atom. The van der Waals surface area contributed by atoms with E-state index in [1.807, 2.05) is 39.0 Å². The molecule has 20 heavy (non-hydrogen) atoms. The highest BCUT2D eigenvalue weighted by molar-refractivity contribution is 9.10. The summed E-state index contributed by atoms with van der Waals surface area (Å²) in [6.07, 6.45) is 0.329. The maximum Gasteiger partial charge on any atom is 0.249 e. The molecule has 1 fully saturated rings. The van der Waals surface area contributed by atoms with Crippen molar-refractivity contribution >= 4 is 33.4 Å². The molecule has 5 heteroatoms. The van der Waals surface area contributed by atoms with Gasteiger partial charge in [0, 0.05) is 17.4 Å². The molecule has 1 aromatic carbocycles. The molecule has 1 aromatic rings. The van der Waals surface area contributed by atoms with Crippen LogP contribution in [0.2, 0.25) is 0 Å². The van der Waals surface area contributed by atoms with Gasteiger partial charge in [-0.1, -0.05) is 19.9 Å². The lowest BCUT2D eigenvalue weighted by molar-refractivity contribution is -0.126. The summed E-state index contributed by atoms with van der Waals surface area (Å²) in [5, 5.41) is 2.81. The first kappa shape index (κ1) is 15.0. The summed E-state index contributed by atoms with van der Waals surface area (Å²) in [6, 6.07) is 5.41. The van der Waals surface area contributed by atoms with Crippen molar-refractivity contribution in [2.24, 2.45) is 5.92 Å². The molecule has 0 saturated carbocycles. The first-order chi connectivity index (χ1) is 9.40. The third-order valence-corrected chi connectivity index (χ3v) is 4.11. The van der Waals surface area contributed by atoms with Gasteiger partial charge in [0.05, 0.1) is 5.69 Å². The number of nitrogens with one attached hydrogen (secondary N) is 1. The van der Waals surface area contributed by atoms with Gasteiger partial charge in [-0.05, 0) is 46.5 Å². The van der Waals surface area contributed by atoms with E-state index in [-0.39, 0.29) is 17.7 Å². The van der Waals surface area contributed by atoms with Crippen LogP contribution < -0.4 is 10.2 Å². The number of benzene rings is 1. The van der Waals surface area contributed by atoms with Crippen LogP contribution in [-0.4, -0.2) is 24.4 Å². The van der Waals surface area contributed by atoms with Crippen molar-refractivity contribution in [3.63, 3.8) is 0 Å². The van der Waals surface area contributed by atoms with Crippen molar-refractivity contribution < 1.29 is 9.59 Å². The molecule has 1 unspecified atom stereocenters. The number of rotatable bonds is 2. The Labute approximate surface area is 127 Å². The summed E-state index contributed by atoms with van der Waals surface area (Å²) in [4.78, 5) is 26.1. The van der Waals surface area contributed by atoms with Crippen LogP contribution in [0.3, 0.4) is 0 Å². The molecule has 4 nitrogen and oxygen atoms in total. The second-order valence-corrected chi connectivity index (χ2v) is 6.34. The standard InChI is InChI=1S/C15H19BrN2O2/c1-9(2)14-15(20)18(7-6-13(19)17-14)12-5-4-10(3)8-11(12)16/h4-5,8-9,14H,6-7H2,1-3H3,(H,17,19). The fourth-order valence-corrected chi connectivity index (χ4v) is 3.03. The first-order valence-corrected chi connectivity index (χ1v) is 7.56. The van der Waals surface area contributed by atoms with Crippen molar-refractivity contribution in [2.75, 3.05) is 11.4 Å². The van der Waals surface area contributed by atoms with Gasteiger partial charge in [-0.2, -0.15) is 0 Å². The van der Waals surface area contributed by atoms with Crippen molar-refractivity contribution in [3.05, 3.63) is 28.2 Å². The largest absolute Gasteiger partial charge is 0.344 e. The predicted octanol–water partition coefficient (Wildman–Crippen LogP) is 2.64. The number of anilines is 1. The quantitative estimate of drug-likeness (QED) is 0.901. The molecule has 1 atom stereocenters. The van der Waals surface area contributed by atoms with E-state index in [0.29, 0.717) is 13.0 Å². The summed E-state index contributed by atoms with van der Waals surface area (Å²) in [7, 11) is 0. The maximum absolute atomic E-state index is 12.7. The minimum atomic E-state index is -0.460. The van der Waals surface area contributed by atoms with Crippen LogP contribution in [0.25, 0.3) is 0 Å². The normalized spacial score (nSPS) is 20.1. The summed E-state index contributed by atoms with van der Waals surface area (Å²) < 4.78 is 0.878. The maximum atomic E-state index is 12.7. The van der Waals surface area contributed by atoms with E-state index in [1.165, 1.54) is 0 Å². The molecular formula is C15H19BrN2O2. The van der Waals surface area contributed by atoms with Crippen molar-refractivity contribution in [3.8, 4) is 0 Å². The lowest BCUT2D eigenvalue weighted by Crippen LogP contribution is -2.48. The van der Waals surface area contributed by atoms with Crippen molar-refractivity contribution in [2.45, 2.75) is 33.2 Å². The summed E-state index contributed by atoms with van der Waals surface area (Å²) in [6.45, 7) is 6.30. The average molecular weight is 339 g/mol. The van der Waals surface area contributed by atoms with Gasteiger partial charge in [0.25, 0.3) is 0 Å². The molecule has 1 saturated heterocycles. The third-order valence-electron chi connectivity index (χ3n) is 3.47. The molecule has 1 N–H and O–H groups in total. The Morgan fingerprint density at radius 1 is 1.35 bits per heavy atom. The highest BCUT2D eigenvalue weighted by Gasteiger charge is 2.33. The van der Waals surface area contributed by atoms with Gasteiger partial charge in [-0.25, -0.2) is 0 Å². The molecule has 0 spiro atoms. The molecule has 1 aliphatic heterocycles. The van der Waals surface area contributed by atoms with Gasteiger partial charge in [0.15, 0.2) is 0 Å². The van der Waals surface area contributed by atoms with Crippen LogP contribution in [0.15, 0.2) is 22.7 Å². The molecule has 0 bridgehead atoms. The van der Waals surface area contributed by atoms with E-state index in [2.05, 4.69) is 21.2 Å². The zero-order chi connectivity index (χ0) is 14.9.